The van der Waals surface area contributed by atoms with Crippen molar-refractivity contribution in [3.63, 3.8) is 0 Å². The summed E-state index contributed by atoms with van der Waals surface area (Å²) in [4.78, 5) is 94.4. The minimum Gasteiger partial charge on any atom is -0.508 e. The fraction of sp³-hybridized carbons (Fsp3) is 0.357. The van der Waals surface area contributed by atoms with E-state index in [1.165, 1.54) is 31.2 Å². The minimum atomic E-state index is -3.31. The topological polar surface area (TPSA) is 390 Å². The largest absolute Gasteiger partial charge is 0.508 e. The summed E-state index contributed by atoms with van der Waals surface area (Å²) in [5.74, 6) is -21.7. The van der Waals surface area contributed by atoms with Gasteiger partial charge in [-0.3, -0.25) is 33.6 Å². The van der Waals surface area contributed by atoms with Gasteiger partial charge in [0.1, 0.15) is 51.8 Å². The number of anilines is 1. The van der Waals surface area contributed by atoms with Crippen molar-refractivity contribution in [1.29, 1.82) is 0 Å². The lowest BCUT2D eigenvalue weighted by atomic mass is 9.56. The van der Waals surface area contributed by atoms with Gasteiger partial charge in [0.15, 0.2) is 22.8 Å². The molecule has 330 valence electrons. The summed E-state index contributed by atoms with van der Waals surface area (Å²) in [7, 11) is 0. The van der Waals surface area contributed by atoms with Gasteiger partial charge < -0.3 is 72.8 Å². The van der Waals surface area contributed by atoms with Crippen LogP contribution in [0.25, 0.3) is 11.5 Å². The highest BCUT2D eigenvalue weighted by atomic mass is 16.5. The number of amides is 2. The Hall–Kier alpha value is -6.91. The van der Waals surface area contributed by atoms with E-state index >= 15 is 0 Å². The first-order valence-corrected chi connectivity index (χ1v) is 19.5. The maximum atomic E-state index is 14.4. The predicted molar refractivity (Wildman–Crippen MR) is 211 cm³/mol. The molecule has 2 fully saturated rings. The van der Waals surface area contributed by atoms with E-state index in [2.05, 4.69) is 5.32 Å². The van der Waals surface area contributed by atoms with Gasteiger partial charge in [-0.2, -0.15) is 0 Å². The zero-order valence-corrected chi connectivity index (χ0v) is 33.1. The molecular formula is C42H40N4O17. The van der Waals surface area contributed by atoms with E-state index in [0.29, 0.717) is 5.56 Å². The van der Waals surface area contributed by atoms with Gasteiger partial charge in [0.2, 0.25) is 11.6 Å². The Morgan fingerprint density at radius 2 is 1.25 bits per heavy atom. The summed E-state index contributed by atoms with van der Waals surface area (Å²) in [5, 5.41) is 94.3. The summed E-state index contributed by atoms with van der Waals surface area (Å²) < 4.78 is 11.4. The zero-order valence-electron chi connectivity index (χ0n) is 33.1. The molecule has 0 unspecified atom stereocenters. The number of hydrogen-bond donors (Lipinski definition) is 12. The van der Waals surface area contributed by atoms with Crippen LogP contribution in [0.2, 0.25) is 0 Å². The number of aliphatic hydroxyl groups excluding tert-OH is 4. The van der Waals surface area contributed by atoms with Gasteiger partial charge in [-0.05, 0) is 43.0 Å². The molecule has 15 N–H and O–H groups in total. The molecule has 21 heteroatoms. The van der Waals surface area contributed by atoms with Gasteiger partial charge in [0, 0.05) is 36.5 Å². The van der Waals surface area contributed by atoms with E-state index in [9.17, 15) is 74.4 Å². The predicted octanol–water partition coefficient (Wildman–Crippen LogP) is -1.25. The van der Waals surface area contributed by atoms with Crippen molar-refractivity contribution >= 4 is 58.1 Å². The molecule has 0 aliphatic heterocycles. The van der Waals surface area contributed by atoms with Crippen molar-refractivity contribution in [3.8, 4) is 11.5 Å². The summed E-state index contributed by atoms with van der Waals surface area (Å²) in [5.41, 5.74) is 6.79. The number of rotatable bonds is 6. The van der Waals surface area contributed by atoms with Crippen molar-refractivity contribution in [3.05, 3.63) is 86.4 Å². The Kier molecular flexibility index (Phi) is 9.72. The number of nitrogens with two attached hydrogens (primary N) is 3. The molecule has 8 rings (SSSR count). The third kappa shape index (κ3) is 5.56. The van der Waals surface area contributed by atoms with Gasteiger partial charge in [-0.15, -0.1) is 0 Å². The number of phenols is 2. The van der Waals surface area contributed by atoms with Crippen LogP contribution in [-0.2, 0) is 55.9 Å². The maximum absolute atomic E-state index is 14.4. The summed E-state index contributed by atoms with van der Waals surface area (Å²) in [6.07, 6.45) is -3.47. The molecule has 0 bridgehead atoms. The van der Waals surface area contributed by atoms with Crippen LogP contribution in [-0.4, -0.2) is 124 Å². The second-order valence-electron chi connectivity index (χ2n) is 16.2. The Bertz CT molecular complexity index is 2680. The van der Waals surface area contributed by atoms with Crippen LogP contribution in [0.5, 0.6) is 11.5 Å². The fourth-order valence-electron chi connectivity index (χ4n) is 10.4. The number of benzene rings is 2. The number of nitrogens with one attached hydrogen (secondary N) is 1. The monoisotopic (exact) mass is 872 g/mol. The lowest BCUT2D eigenvalue weighted by molar-refractivity contribution is -0.178. The number of aliphatic hydroxyl groups is 6. The molecule has 2 aromatic carbocycles. The number of aromatic hydroxyl groups is 2. The van der Waals surface area contributed by atoms with Crippen molar-refractivity contribution in [2.45, 2.75) is 62.2 Å². The highest BCUT2D eigenvalue weighted by Gasteiger charge is 2.69. The Balaban J connectivity index is 1.21. The van der Waals surface area contributed by atoms with E-state index in [1.54, 1.807) is 0 Å². The van der Waals surface area contributed by atoms with E-state index in [1.807, 2.05) is 0 Å². The van der Waals surface area contributed by atoms with E-state index < -0.39 is 168 Å². The number of hydrogen-bond acceptors (Lipinski definition) is 19. The van der Waals surface area contributed by atoms with Crippen LogP contribution in [0.1, 0.15) is 36.1 Å². The first-order valence-electron chi connectivity index (χ1n) is 19.5. The van der Waals surface area contributed by atoms with Crippen LogP contribution in [0.3, 0.4) is 0 Å². The van der Waals surface area contributed by atoms with Crippen molar-refractivity contribution in [2.24, 2.45) is 40.9 Å². The molecule has 10 atom stereocenters. The summed E-state index contributed by atoms with van der Waals surface area (Å²) >= 11 is 0. The third-order valence-electron chi connectivity index (χ3n) is 13.1. The Morgan fingerprint density at radius 1 is 0.746 bits per heavy atom. The van der Waals surface area contributed by atoms with Crippen LogP contribution >= 0.6 is 0 Å². The first kappa shape index (κ1) is 42.8. The summed E-state index contributed by atoms with van der Waals surface area (Å²) in [6.45, 7) is 2.42. The molecule has 2 saturated carbocycles. The van der Waals surface area contributed by atoms with Crippen LogP contribution in [0, 0.1) is 23.7 Å². The average Bonchev–Trinajstić information content (AvgIpc) is 3.21. The van der Waals surface area contributed by atoms with Gasteiger partial charge in [-0.25, -0.2) is 0 Å². The van der Waals surface area contributed by atoms with Gasteiger partial charge in [0.25, 0.3) is 11.8 Å². The average molecular weight is 873 g/mol. The number of carbonyl (C=O) groups excluding carboxylic acids is 7. The Morgan fingerprint density at radius 3 is 1.81 bits per heavy atom. The third-order valence-corrected chi connectivity index (χ3v) is 13.1. The van der Waals surface area contributed by atoms with Gasteiger partial charge in [-0.1, -0.05) is 18.2 Å². The lowest BCUT2D eigenvalue weighted by Gasteiger charge is -2.52. The standard InChI is InChI=1S/C42H40N4O17/c1-3-62-33-14-10-13-7-8-16(28(49)19(13)30(51)20(14)35(54)41(60)24(33)26(43)31(52)22(37(41)56)39(45)58)46-40(59)23-32(53)27(44)25-34(63-11(2)47)15-9-12-5-4-6-17(48)18(12)29(50)21(15)36(55)42(25,61)38(23)57/h4-8,14-15,24-27,33-34,48-51,56-57,60-61H,3,9-10,43-44H2,1-2H3,(H2,45,58)(H,46,59)/t14-,15-,24-,25-,26+,27+,33-,34-,41+,42+/m1/s1. The molecule has 2 amide bonds. The molecular weight excluding hydrogens is 832 g/mol. The van der Waals surface area contributed by atoms with Crippen molar-refractivity contribution in [2.75, 3.05) is 11.9 Å². The molecule has 0 aromatic heterocycles. The number of ether oxygens (including phenoxy) is 2. The van der Waals surface area contributed by atoms with Gasteiger partial charge in [0.05, 0.1) is 46.8 Å². The number of phenolic OH excluding ortho intramolecular Hbond substituents is 2. The first-order chi connectivity index (χ1) is 29.6. The quantitative estimate of drug-likeness (QED) is 0.0916. The fourth-order valence-corrected chi connectivity index (χ4v) is 10.4. The highest BCUT2D eigenvalue weighted by Crippen LogP contribution is 2.55. The zero-order chi connectivity index (χ0) is 46.1. The molecule has 6 aliphatic carbocycles. The van der Waals surface area contributed by atoms with Crippen LogP contribution < -0.4 is 22.5 Å². The number of carbonyl (C=O) groups is 7. The SMILES string of the molecule is CCO[C@H]1[C@H]2[C@H](N)C(=O)C(C(N)=O)=C(O)[C@@]2(O)C(=O)C2=C(O)c3c(ccc(NC(=O)C4=C(O)[C@@]5(O)C(=O)C6=C(O)c7c(O)cccc7C[C@H]6[C@@H](OC(C)=O)[C@H]5[C@H](N)C4=O)c3O)C[C@H]21. The second kappa shape index (κ2) is 14.3. The summed E-state index contributed by atoms with van der Waals surface area (Å²) in [6, 6.07) is 2.70. The number of fused-ring (bicyclic) bond motifs is 6. The molecule has 0 radical (unpaired) electrons. The molecule has 63 heavy (non-hydrogen) atoms. The number of ketones is 4. The van der Waals surface area contributed by atoms with Crippen molar-refractivity contribution in [1.82, 2.24) is 0 Å². The smallest absolute Gasteiger partial charge is 0.302 e. The van der Waals surface area contributed by atoms with E-state index in [4.69, 9.17) is 26.7 Å². The normalized spacial score (nSPS) is 32.3. The number of primary amides is 1. The molecule has 0 saturated heterocycles. The highest BCUT2D eigenvalue weighted by molar-refractivity contribution is 6.28. The number of Topliss-reactive ketones (excluding diaryl/α,β-unsaturated/α-hetero) is 4. The molecule has 0 spiro atoms. The van der Waals surface area contributed by atoms with Crippen molar-refractivity contribution < 1.29 is 83.9 Å². The molecule has 6 aliphatic rings. The van der Waals surface area contributed by atoms with Crippen LogP contribution in [0.15, 0.2) is 64.1 Å². The minimum absolute atomic E-state index is 0.0963. The van der Waals surface area contributed by atoms with E-state index in [-0.39, 0.29) is 30.6 Å². The van der Waals surface area contributed by atoms with Gasteiger partial charge >= 0.3 is 5.97 Å². The number of esters is 1. The second-order valence-corrected chi connectivity index (χ2v) is 16.2. The Labute approximate surface area is 354 Å². The van der Waals surface area contributed by atoms with Crippen LogP contribution in [0.4, 0.5) is 5.69 Å². The lowest BCUT2D eigenvalue weighted by Crippen LogP contribution is -2.70. The molecule has 0 heterocycles. The molecule has 2 aromatic rings. The maximum Gasteiger partial charge on any atom is 0.302 e. The van der Waals surface area contributed by atoms with E-state index in [0.717, 1.165) is 13.0 Å². The molecule has 21 nitrogen and oxygen atoms in total.